The Kier molecular flexibility index (Phi) is 5.89. The van der Waals surface area contributed by atoms with E-state index in [9.17, 15) is 14.0 Å². The predicted octanol–water partition coefficient (Wildman–Crippen LogP) is 3.98. The van der Waals surface area contributed by atoms with Crippen molar-refractivity contribution in [3.8, 4) is 10.4 Å². The van der Waals surface area contributed by atoms with Gasteiger partial charge in [0.15, 0.2) is 0 Å². The first-order chi connectivity index (χ1) is 16.4. The molecule has 1 fully saturated rings. The van der Waals surface area contributed by atoms with Crippen LogP contribution in [0.5, 0.6) is 0 Å². The molecule has 1 aliphatic heterocycles. The molecule has 0 saturated carbocycles. The Bertz CT molecular complexity index is 1380. The van der Waals surface area contributed by atoms with Gasteiger partial charge < -0.3 is 19.5 Å². The molecule has 1 aliphatic rings. The highest BCUT2D eigenvalue weighted by atomic mass is 32.1. The quantitative estimate of drug-likeness (QED) is 0.471. The maximum atomic E-state index is 13.4. The molecule has 1 atom stereocenters. The SMILES string of the molecule is Cc1nc(C(=O)N2CCOC2CNC(=O)c2cccc3c2ccn3C)c(-c2ccc(F)cc2)s1. The zero-order valence-electron chi connectivity index (χ0n) is 18.7. The minimum absolute atomic E-state index is 0.156. The highest BCUT2D eigenvalue weighted by Gasteiger charge is 2.33. The molecule has 2 aromatic heterocycles. The van der Waals surface area contributed by atoms with Crippen LogP contribution < -0.4 is 5.32 Å². The Balaban J connectivity index is 1.33. The van der Waals surface area contributed by atoms with E-state index in [1.807, 2.05) is 42.9 Å². The summed E-state index contributed by atoms with van der Waals surface area (Å²) in [5.74, 6) is -0.838. The van der Waals surface area contributed by atoms with Crippen LogP contribution in [-0.2, 0) is 11.8 Å². The van der Waals surface area contributed by atoms with Gasteiger partial charge in [-0.05, 0) is 42.8 Å². The summed E-state index contributed by atoms with van der Waals surface area (Å²) in [6.45, 7) is 2.75. The third-order valence-corrected chi connectivity index (χ3v) is 6.92. The Morgan fingerprint density at radius 3 is 2.79 bits per heavy atom. The van der Waals surface area contributed by atoms with Gasteiger partial charge in [-0.3, -0.25) is 9.59 Å². The van der Waals surface area contributed by atoms with Gasteiger partial charge in [-0.25, -0.2) is 9.37 Å². The Morgan fingerprint density at radius 1 is 1.21 bits per heavy atom. The van der Waals surface area contributed by atoms with Crippen molar-refractivity contribution >= 4 is 34.1 Å². The van der Waals surface area contributed by atoms with Gasteiger partial charge in [0, 0.05) is 36.3 Å². The van der Waals surface area contributed by atoms with E-state index in [0.29, 0.717) is 29.3 Å². The summed E-state index contributed by atoms with van der Waals surface area (Å²) in [4.78, 5) is 33.1. The molecule has 2 amide bonds. The molecule has 34 heavy (non-hydrogen) atoms. The number of nitrogens with one attached hydrogen (secondary N) is 1. The second-order valence-electron chi connectivity index (χ2n) is 8.12. The highest BCUT2D eigenvalue weighted by Crippen LogP contribution is 2.32. The Hall–Kier alpha value is -3.56. The molecule has 0 spiro atoms. The zero-order valence-corrected chi connectivity index (χ0v) is 19.6. The maximum Gasteiger partial charge on any atom is 0.276 e. The topological polar surface area (TPSA) is 76.5 Å². The van der Waals surface area contributed by atoms with E-state index in [0.717, 1.165) is 21.5 Å². The summed E-state index contributed by atoms with van der Waals surface area (Å²) in [5, 5.41) is 4.51. The minimum Gasteiger partial charge on any atom is -0.355 e. The van der Waals surface area contributed by atoms with E-state index in [-0.39, 0.29) is 24.2 Å². The monoisotopic (exact) mass is 478 g/mol. The lowest BCUT2D eigenvalue weighted by Gasteiger charge is -2.23. The molecule has 0 aliphatic carbocycles. The molecule has 0 bridgehead atoms. The number of hydrogen-bond acceptors (Lipinski definition) is 5. The van der Waals surface area contributed by atoms with Crippen LogP contribution in [0.25, 0.3) is 21.3 Å². The molecule has 4 aromatic rings. The highest BCUT2D eigenvalue weighted by molar-refractivity contribution is 7.15. The minimum atomic E-state index is -0.602. The van der Waals surface area contributed by atoms with Crippen molar-refractivity contribution in [2.24, 2.45) is 7.05 Å². The second kappa shape index (κ2) is 9.00. The van der Waals surface area contributed by atoms with Crippen molar-refractivity contribution in [2.75, 3.05) is 19.7 Å². The third-order valence-electron chi connectivity index (χ3n) is 5.90. The molecule has 174 valence electrons. The second-order valence-corrected chi connectivity index (χ2v) is 9.32. The van der Waals surface area contributed by atoms with E-state index >= 15 is 0 Å². The van der Waals surface area contributed by atoms with Gasteiger partial charge >= 0.3 is 0 Å². The van der Waals surface area contributed by atoms with E-state index in [1.165, 1.54) is 23.5 Å². The van der Waals surface area contributed by atoms with Crippen molar-refractivity contribution in [1.29, 1.82) is 0 Å². The van der Waals surface area contributed by atoms with E-state index in [2.05, 4.69) is 10.3 Å². The number of aromatic nitrogens is 2. The first-order valence-electron chi connectivity index (χ1n) is 10.9. The number of nitrogens with zero attached hydrogens (tertiary/aromatic N) is 3. The van der Waals surface area contributed by atoms with Crippen LogP contribution in [0, 0.1) is 12.7 Å². The summed E-state index contributed by atoms with van der Waals surface area (Å²) in [6.07, 6.45) is 1.31. The number of halogens is 1. The van der Waals surface area contributed by atoms with Crippen LogP contribution in [0.1, 0.15) is 25.9 Å². The zero-order chi connectivity index (χ0) is 23.8. The Labute approximate surface area is 199 Å². The summed E-state index contributed by atoms with van der Waals surface area (Å²) in [6, 6.07) is 13.5. The summed E-state index contributed by atoms with van der Waals surface area (Å²) in [5.41, 5.74) is 2.58. The molecule has 2 aromatic carbocycles. The predicted molar refractivity (Wildman–Crippen MR) is 128 cm³/mol. The standard InChI is InChI=1S/C25H23FN4O3S/c1-15-28-22(23(34-15)16-6-8-17(26)9-7-16)25(32)30-12-13-33-21(30)14-27-24(31)19-4-3-5-20-18(19)10-11-29(20)2/h3-11,21H,12-14H2,1-2H3,(H,27,31). The number of ether oxygens (including phenoxy) is 1. The molecule has 7 nitrogen and oxygen atoms in total. The first kappa shape index (κ1) is 22.2. The number of fused-ring (bicyclic) bond motifs is 1. The average molecular weight is 479 g/mol. The fourth-order valence-corrected chi connectivity index (χ4v) is 5.12. The normalized spacial score (nSPS) is 15.7. The van der Waals surface area contributed by atoms with Crippen LogP contribution in [0.4, 0.5) is 4.39 Å². The fraction of sp³-hybridized carbons (Fsp3) is 0.240. The molecular weight excluding hydrogens is 455 g/mol. The van der Waals surface area contributed by atoms with Crippen molar-refractivity contribution in [3.05, 3.63) is 76.8 Å². The van der Waals surface area contributed by atoms with Gasteiger partial charge in [-0.1, -0.05) is 18.2 Å². The summed E-state index contributed by atoms with van der Waals surface area (Å²) in [7, 11) is 1.93. The van der Waals surface area contributed by atoms with Gasteiger partial charge in [-0.2, -0.15) is 0 Å². The molecule has 1 unspecified atom stereocenters. The summed E-state index contributed by atoms with van der Waals surface area (Å²) < 4.78 is 21.1. The molecule has 1 N–H and O–H groups in total. The number of hydrogen-bond donors (Lipinski definition) is 1. The van der Waals surface area contributed by atoms with Crippen molar-refractivity contribution in [1.82, 2.24) is 19.8 Å². The maximum absolute atomic E-state index is 13.4. The van der Waals surface area contributed by atoms with Gasteiger partial charge in [0.2, 0.25) is 0 Å². The summed E-state index contributed by atoms with van der Waals surface area (Å²) >= 11 is 1.39. The Morgan fingerprint density at radius 2 is 2.00 bits per heavy atom. The number of thiazole rings is 1. The van der Waals surface area contributed by atoms with Crippen molar-refractivity contribution in [2.45, 2.75) is 13.2 Å². The van der Waals surface area contributed by atoms with Gasteiger partial charge in [0.25, 0.3) is 11.8 Å². The number of benzene rings is 2. The van der Waals surface area contributed by atoms with Gasteiger partial charge in [0.1, 0.15) is 17.7 Å². The third kappa shape index (κ3) is 4.08. The number of carbonyl (C=O) groups excluding carboxylic acids is 2. The lowest BCUT2D eigenvalue weighted by molar-refractivity contribution is 0.0277. The van der Waals surface area contributed by atoms with Crippen molar-refractivity contribution in [3.63, 3.8) is 0 Å². The van der Waals surface area contributed by atoms with E-state index in [1.54, 1.807) is 23.1 Å². The van der Waals surface area contributed by atoms with Gasteiger partial charge in [0.05, 0.1) is 23.0 Å². The fourth-order valence-electron chi connectivity index (χ4n) is 4.20. The first-order valence-corrected chi connectivity index (χ1v) is 11.7. The van der Waals surface area contributed by atoms with Crippen LogP contribution >= 0.6 is 11.3 Å². The lowest BCUT2D eigenvalue weighted by atomic mass is 10.1. The molecule has 3 heterocycles. The number of amides is 2. The van der Waals surface area contributed by atoms with Crippen LogP contribution in [0.3, 0.4) is 0 Å². The van der Waals surface area contributed by atoms with Crippen molar-refractivity contribution < 1.29 is 18.7 Å². The van der Waals surface area contributed by atoms with E-state index in [4.69, 9.17) is 4.74 Å². The number of aryl methyl sites for hydroxylation is 2. The van der Waals surface area contributed by atoms with Crippen LogP contribution in [-0.4, -0.2) is 52.2 Å². The lowest BCUT2D eigenvalue weighted by Crippen LogP contribution is -2.44. The number of rotatable bonds is 5. The molecule has 5 rings (SSSR count). The smallest absolute Gasteiger partial charge is 0.276 e. The van der Waals surface area contributed by atoms with Crippen LogP contribution in [0.2, 0.25) is 0 Å². The molecule has 0 radical (unpaired) electrons. The molecule has 9 heteroatoms. The number of carbonyl (C=O) groups is 2. The van der Waals surface area contributed by atoms with Crippen LogP contribution in [0.15, 0.2) is 54.7 Å². The van der Waals surface area contributed by atoms with E-state index < -0.39 is 6.23 Å². The largest absolute Gasteiger partial charge is 0.355 e. The van der Waals surface area contributed by atoms with Gasteiger partial charge in [-0.15, -0.1) is 11.3 Å². The molecule has 1 saturated heterocycles. The molecular formula is C25H23FN4O3S. The average Bonchev–Trinajstić information content (AvgIpc) is 3.56.